The van der Waals surface area contributed by atoms with Gasteiger partial charge in [0, 0.05) is 12.0 Å². The first-order chi connectivity index (χ1) is 10.7. The van der Waals surface area contributed by atoms with E-state index in [1.54, 1.807) is 14.2 Å². The molecule has 2 aromatic rings. The van der Waals surface area contributed by atoms with Crippen LogP contribution in [0.5, 0.6) is 11.5 Å². The Balaban J connectivity index is 2.04. The highest BCUT2D eigenvalue weighted by molar-refractivity contribution is 6.31. The molecule has 2 aromatic carbocycles. The number of benzene rings is 2. The molecule has 0 N–H and O–H groups in total. The fraction of sp³-hybridized carbons (Fsp3) is 0.211. The molecule has 0 heterocycles. The lowest BCUT2D eigenvalue weighted by Crippen LogP contribution is -1.96. The van der Waals surface area contributed by atoms with E-state index >= 15 is 0 Å². The summed E-state index contributed by atoms with van der Waals surface area (Å²) in [5, 5.41) is 0. The summed E-state index contributed by atoms with van der Waals surface area (Å²) >= 11 is 0. The van der Waals surface area contributed by atoms with Gasteiger partial charge in [-0.3, -0.25) is 4.79 Å². The molecule has 3 rings (SSSR count). The van der Waals surface area contributed by atoms with E-state index < -0.39 is 0 Å². The lowest BCUT2D eigenvalue weighted by molar-refractivity contribution is -0.113. The average molecular weight is 294 g/mol. The molecule has 0 spiro atoms. The van der Waals surface area contributed by atoms with Gasteiger partial charge >= 0.3 is 0 Å². The van der Waals surface area contributed by atoms with Gasteiger partial charge < -0.3 is 9.47 Å². The van der Waals surface area contributed by atoms with Crippen molar-refractivity contribution in [2.24, 2.45) is 0 Å². The second-order valence-corrected chi connectivity index (χ2v) is 5.23. The third kappa shape index (κ3) is 2.62. The number of rotatable bonds is 4. The number of Topliss-reactive ketones (excluding diaryl/α,β-unsaturated/α-hetero) is 1. The minimum absolute atomic E-state index is 0.205. The Morgan fingerprint density at radius 2 is 1.23 bits per heavy atom. The number of ketones is 1. The maximum atomic E-state index is 12.3. The summed E-state index contributed by atoms with van der Waals surface area (Å²) in [4.78, 5) is 12.3. The van der Waals surface area contributed by atoms with Crippen LogP contribution in [0.2, 0.25) is 0 Å². The first-order valence-corrected chi connectivity index (χ1v) is 7.28. The summed E-state index contributed by atoms with van der Waals surface area (Å²) < 4.78 is 10.4. The molecule has 0 saturated heterocycles. The highest BCUT2D eigenvalue weighted by atomic mass is 16.5. The lowest BCUT2D eigenvalue weighted by atomic mass is 9.96. The predicted molar refractivity (Wildman–Crippen MR) is 87.0 cm³/mol. The fourth-order valence-electron chi connectivity index (χ4n) is 2.83. The average Bonchev–Trinajstić information content (AvgIpc) is 2.96. The van der Waals surface area contributed by atoms with E-state index in [0.717, 1.165) is 40.2 Å². The molecule has 1 aliphatic carbocycles. The van der Waals surface area contributed by atoms with E-state index in [0.29, 0.717) is 6.42 Å². The van der Waals surface area contributed by atoms with Crippen LogP contribution in [0.25, 0.3) is 11.1 Å². The van der Waals surface area contributed by atoms with Crippen LogP contribution in [0.15, 0.2) is 48.5 Å². The maximum Gasteiger partial charge on any atom is 0.164 e. The Kier molecular flexibility index (Phi) is 3.96. The van der Waals surface area contributed by atoms with Crippen molar-refractivity contribution < 1.29 is 14.3 Å². The predicted octanol–water partition coefficient (Wildman–Crippen LogP) is 3.98. The number of carbonyl (C=O) groups is 1. The van der Waals surface area contributed by atoms with Crippen LogP contribution >= 0.6 is 0 Å². The highest BCUT2D eigenvalue weighted by Crippen LogP contribution is 2.38. The lowest BCUT2D eigenvalue weighted by Gasteiger charge is -2.09. The summed E-state index contributed by atoms with van der Waals surface area (Å²) in [6, 6.07) is 15.5. The zero-order valence-electron chi connectivity index (χ0n) is 12.8. The van der Waals surface area contributed by atoms with Gasteiger partial charge in [0.2, 0.25) is 0 Å². The van der Waals surface area contributed by atoms with Crippen molar-refractivity contribution in [2.45, 2.75) is 12.8 Å². The van der Waals surface area contributed by atoms with E-state index in [1.165, 1.54) is 0 Å². The third-order valence-corrected chi connectivity index (χ3v) is 4.00. The molecule has 3 nitrogen and oxygen atoms in total. The molecular weight excluding hydrogens is 276 g/mol. The Labute approximate surface area is 130 Å². The molecule has 0 radical (unpaired) electrons. The molecule has 0 bridgehead atoms. The molecule has 0 amide bonds. The van der Waals surface area contributed by atoms with Crippen molar-refractivity contribution in [3.63, 3.8) is 0 Å². The van der Waals surface area contributed by atoms with Gasteiger partial charge in [-0.25, -0.2) is 0 Å². The van der Waals surface area contributed by atoms with Gasteiger partial charge in [-0.2, -0.15) is 0 Å². The van der Waals surface area contributed by atoms with Gasteiger partial charge in [-0.1, -0.05) is 24.3 Å². The first-order valence-electron chi connectivity index (χ1n) is 7.28. The summed E-state index contributed by atoms with van der Waals surface area (Å²) in [6.07, 6.45) is 1.36. The minimum atomic E-state index is 0.205. The molecular formula is C19H18O3. The Morgan fingerprint density at radius 3 is 1.73 bits per heavy atom. The van der Waals surface area contributed by atoms with E-state index in [9.17, 15) is 4.79 Å². The summed E-state index contributed by atoms with van der Waals surface area (Å²) in [5.41, 5.74) is 3.97. The zero-order chi connectivity index (χ0) is 15.5. The van der Waals surface area contributed by atoms with E-state index in [4.69, 9.17) is 9.47 Å². The van der Waals surface area contributed by atoms with Crippen LogP contribution in [-0.4, -0.2) is 20.0 Å². The number of allylic oxidation sites excluding steroid dienone is 2. The van der Waals surface area contributed by atoms with E-state index in [1.807, 2.05) is 48.5 Å². The van der Waals surface area contributed by atoms with Gasteiger partial charge in [0.05, 0.1) is 14.2 Å². The third-order valence-electron chi connectivity index (χ3n) is 4.00. The minimum Gasteiger partial charge on any atom is -0.497 e. The smallest absolute Gasteiger partial charge is 0.164 e. The topological polar surface area (TPSA) is 35.5 Å². The quantitative estimate of drug-likeness (QED) is 0.855. The molecule has 0 atom stereocenters. The van der Waals surface area contributed by atoms with Crippen molar-refractivity contribution >= 4 is 16.9 Å². The maximum absolute atomic E-state index is 12.3. The second kappa shape index (κ2) is 6.06. The van der Waals surface area contributed by atoms with Crippen LogP contribution in [0.3, 0.4) is 0 Å². The largest absolute Gasteiger partial charge is 0.497 e. The monoisotopic (exact) mass is 294 g/mol. The number of ether oxygens (including phenoxy) is 2. The Hall–Kier alpha value is -2.55. The Morgan fingerprint density at radius 1 is 0.727 bits per heavy atom. The number of methoxy groups -OCH3 is 2. The normalized spacial score (nSPS) is 14.4. The molecule has 0 fully saturated rings. The molecule has 0 aliphatic heterocycles. The van der Waals surface area contributed by atoms with Gasteiger partial charge in [0.15, 0.2) is 5.78 Å². The van der Waals surface area contributed by atoms with Crippen LogP contribution in [0, 0.1) is 0 Å². The molecule has 0 saturated carbocycles. The number of carbonyl (C=O) groups excluding carboxylic acids is 1. The molecule has 0 aromatic heterocycles. The van der Waals surface area contributed by atoms with Gasteiger partial charge in [-0.05, 0) is 47.4 Å². The molecule has 22 heavy (non-hydrogen) atoms. The van der Waals surface area contributed by atoms with Crippen molar-refractivity contribution in [3.8, 4) is 11.5 Å². The van der Waals surface area contributed by atoms with Gasteiger partial charge in [0.1, 0.15) is 11.5 Å². The molecule has 3 heteroatoms. The fourth-order valence-corrected chi connectivity index (χ4v) is 2.83. The Bertz CT molecular complexity index is 709. The van der Waals surface area contributed by atoms with E-state index in [-0.39, 0.29) is 5.78 Å². The van der Waals surface area contributed by atoms with Crippen LogP contribution < -0.4 is 9.47 Å². The van der Waals surface area contributed by atoms with Crippen molar-refractivity contribution in [1.82, 2.24) is 0 Å². The van der Waals surface area contributed by atoms with Crippen LogP contribution in [-0.2, 0) is 4.79 Å². The van der Waals surface area contributed by atoms with Crippen molar-refractivity contribution in [2.75, 3.05) is 14.2 Å². The van der Waals surface area contributed by atoms with Crippen molar-refractivity contribution in [1.29, 1.82) is 0 Å². The first kappa shape index (κ1) is 14.4. The molecule has 112 valence electrons. The second-order valence-electron chi connectivity index (χ2n) is 5.23. The highest BCUT2D eigenvalue weighted by Gasteiger charge is 2.25. The van der Waals surface area contributed by atoms with Crippen molar-refractivity contribution in [3.05, 3.63) is 59.7 Å². The summed E-state index contributed by atoms with van der Waals surface area (Å²) in [7, 11) is 3.29. The summed E-state index contributed by atoms with van der Waals surface area (Å²) in [5.74, 6) is 1.82. The number of hydrogen-bond donors (Lipinski definition) is 0. The standard InChI is InChI=1S/C19H18O3/c1-21-15-7-3-13(4-8-15)17-11-12-18(20)19(17)14-5-9-16(22-2)10-6-14/h3-10H,11-12H2,1-2H3. The van der Waals surface area contributed by atoms with E-state index in [2.05, 4.69) is 0 Å². The van der Waals surface area contributed by atoms with Gasteiger partial charge in [-0.15, -0.1) is 0 Å². The van der Waals surface area contributed by atoms with Crippen LogP contribution in [0.1, 0.15) is 24.0 Å². The molecule has 0 unspecified atom stereocenters. The van der Waals surface area contributed by atoms with Gasteiger partial charge in [0.25, 0.3) is 0 Å². The number of hydrogen-bond acceptors (Lipinski definition) is 3. The summed E-state index contributed by atoms with van der Waals surface area (Å²) in [6.45, 7) is 0. The molecule has 1 aliphatic rings. The zero-order valence-corrected chi connectivity index (χ0v) is 12.8. The SMILES string of the molecule is COc1ccc(C2=C(c3ccc(OC)cc3)C(=O)CC2)cc1. The van der Waals surface area contributed by atoms with Crippen LogP contribution in [0.4, 0.5) is 0 Å².